The molecular weight excluding hydrogens is 258 g/mol. The fourth-order valence-electron chi connectivity index (χ4n) is 2.73. The summed E-state index contributed by atoms with van der Waals surface area (Å²) in [5.74, 6) is 0.943. The fraction of sp³-hybridized carbons (Fsp3) is 0.0556. The topological polar surface area (TPSA) is 54.7 Å². The molecule has 1 aromatic heterocycles. The van der Waals surface area contributed by atoms with E-state index < -0.39 is 0 Å². The Bertz CT molecular complexity index is 937. The molecule has 0 spiro atoms. The van der Waals surface area contributed by atoms with Crippen molar-refractivity contribution >= 4 is 27.5 Å². The summed E-state index contributed by atoms with van der Waals surface area (Å²) in [6.45, 7) is 0. The van der Waals surface area contributed by atoms with E-state index in [0.29, 0.717) is 5.69 Å². The van der Waals surface area contributed by atoms with E-state index >= 15 is 0 Å². The molecule has 0 bridgehead atoms. The maximum Gasteiger partial charge on any atom is 0.111 e. The fourth-order valence-corrected chi connectivity index (χ4v) is 2.73. The summed E-state index contributed by atoms with van der Waals surface area (Å²) in [6, 6.07) is 20.7. The lowest BCUT2D eigenvalue weighted by molar-refractivity contribution is 1.04. The van der Waals surface area contributed by atoms with Crippen LogP contribution in [0.15, 0.2) is 60.7 Å². The number of para-hydroxylation sites is 1. The summed E-state index contributed by atoms with van der Waals surface area (Å²) in [7, 11) is 0. The predicted octanol–water partition coefficient (Wildman–Crippen LogP) is 3.89. The van der Waals surface area contributed by atoms with Crippen LogP contribution < -0.4 is 5.73 Å². The van der Waals surface area contributed by atoms with E-state index in [9.17, 15) is 0 Å². The largest absolute Gasteiger partial charge is 0.397 e. The van der Waals surface area contributed by atoms with Crippen LogP contribution in [0.1, 0.15) is 11.4 Å². The molecule has 3 N–H and O–H groups in total. The van der Waals surface area contributed by atoms with Crippen molar-refractivity contribution in [1.82, 2.24) is 9.97 Å². The van der Waals surface area contributed by atoms with Gasteiger partial charge < -0.3 is 10.7 Å². The average Bonchev–Trinajstić information content (AvgIpc) is 2.91. The summed E-state index contributed by atoms with van der Waals surface area (Å²) in [5, 5.41) is 2.51. The van der Waals surface area contributed by atoms with Crippen LogP contribution >= 0.6 is 0 Å². The van der Waals surface area contributed by atoms with Crippen LogP contribution in [0.3, 0.4) is 0 Å². The number of nitrogens with one attached hydrogen (secondary N) is 1. The van der Waals surface area contributed by atoms with E-state index in [4.69, 9.17) is 5.73 Å². The Morgan fingerprint density at radius 1 is 0.905 bits per heavy atom. The van der Waals surface area contributed by atoms with Crippen molar-refractivity contribution in [3.63, 3.8) is 0 Å². The summed E-state index contributed by atoms with van der Waals surface area (Å²) >= 11 is 0. The van der Waals surface area contributed by atoms with Crippen molar-refractivity contribution in [3.05, 3.63) is 72.1 Å². The SMILES string of the molecule is Nc1cccc2[nH]c(Cc3ccc4ccccc4c3)nc12. The molecule has 0 aliphatic carbocycles. The number of nitrogens with zero attached hydrogens (tertiary/aromatic N) is 1. The Hall–Kier alpha value is -2.81. The van der Waals surface area contributed by atoms with E-state index in [1.54, 1.807) is 0 Å². The molecule has 3 aromatic carbocycles. The number of hydrogen-bond acceptors (Lipinski definition) is 2. The Kier molecular flexibility index (Phi) is 2.64. The highest BCUT2D eigenvalue weighted by molar-refractivity contribution is 5.87. The number of anilines is 1. The van der Waals surface area contributed by atoms with Gasteiger partial charge in [0.15, 0.2) is 0 Å². The van der Waals surface area contributed by atoms with Gasteiger partial charge >= 0.3 is 0 Å². The van der Waals surface area contributed by atoms with Gasteiger partial charge in [0, 0.05) is 6.42 Å². The molecule has 0 fully saturated rings. The van der Waals surface area contributed by atoms with Crippen LogP contribution in [0.25, 0.3) is 21.8 Å². The molecule has 102 valence electrons. The molecule has 0 atom stereocenters. The Morgan fingerprint density at radius 3 is 2.62 bits per heavy atom. The van der Waals surface area contributed by atoms with Gasteiger partial charge in [-0.2, -0.15) is 0 Å². The molecule has 1 heterocycles. The van der Waals surface area contributed by atoms with Gasteiger partial charge in [0.1, 0.15) is 11.3 Å². The first-order chi connectivity index (χ1) is 10.3. The van der Waals surface area contributed by atoms with Crippen LogP contribution in [-0.2, 0) is 6.42 Å². The van der Waals surface area contributed by atoms with E-state index in [-0.39, 0.29) is 0 Å². The third-order valence-corrected chi connectivity index (χ3v) is 3.78. The lowest BCUT2D eigenvalue weighted by Crippen LogP contribution is -1.91. The second kappa shape index (κ2) is 4.63. The number of benzene rings is 3. The zero-order valence-corrected chi connectivity index (χ0v) is 11.5. The van der Waals surface area contributed by atoms with Crippen LogP contribution in [0.5, 0.6) is 0 Å². The minimum absolute atomic E-state index is 0.716. The first kappa shape index (κ1) is 12.0. The zero-order valence-electron chi connectivity index (χ0n) is 11.5. The van der Waals surface area contributed by atoms with Crippen LogP contribution in [0, 0.1) is 0 Å². The lowest BCUT2D eigenvalue weighted by Gasteiger charge is -2.02. The van der Waals surface area contributed by atoms with Crippen LogP contribution in [0.2, 0.25) is 0 Å². The number of imidazole rings is 1. The summed E-state index contributed by atoms with van der Waals surface area (Å²) in [4.78, 5) is 7.95. The van der Waals surface area contributed by atoms with Gasteiger partial charge in [-0.3, -0.25) is 0 Å². The number of rotatable bonds is 2. The number of hydrogen-bond donors (Lipinski definition) is 2. The Labute approximate surface area is 122 Å². The highest BCUT2D eigenvalue weighted by atomic mass is 14.9. The van der Waals surface area contributed by atoms with Gasteiger partial charge in [0.25, 0.3) is 0 Å². The second-order valence-corrected chi connectivity index (χ2v) is 5.29. The van der Waals surface area contributed by atoms with Gasteiger partial charge in [0.05, 0.1) is 11.2 Å². The number of nitrogens with two attached hydrogens (primary N) is 1. The molecule has 0 amide bonds. The maximum absolute atomic E-state index is 5.95. The summed E-state index contributed by atoms with van der Waals surface area (Å²) in [5.41, 5.74) is 9.76. The first-order valence-corrected chi connectivity index (χ1v) is 7.00. The van der Waals surface area contributed by atoms with Crippen LogP contribution in [-0.4, -0.2) is 9.97 Å². The molecule has 3 nitrogen and oxygen atoms in total. The summed E-state index contributed by atoms with van der Waals surface area (Å²) < 4.78 is 0. The van der Waals surface area contributed by atoms with Crippen molar-refractivity contribution in [2.45, 2.75) is 6.42 Å². The number of nitrogen functional groups attached to an aromatic ring is 1. The molecule has 0 aliphatic rings. The van der Waals surface area contributed by atoms with E-state index in [2.05, 4.69) is 52.4 Å². The van der Waals surface area contributed by atoms with Crippen LogP contribution in [0.4, 0.5) is 5.69 Å². The lowest BCUT2D eigenvalue weighted by atomic mass is 10.1. The van der Waals surface area contributed by atoms with Gasteiger partial charge in [-0.05, 0) is 28.5 Å². The molecule has 0 unspecified atom stereocenters. The maximum atomic E-state index is 5.95. The number of aromatic nitrogens is 2. The number of fused-ring (bicyclic) bond motifs is 2. The smallest absolute Gasteiger partial charge is 0.111 e. The van der Waals surface area contributed by atoms with Gasteiger partial charge in [-0.25, -0.2) is 4.98 Å². The monoisotopic (exact) mass is 273 g/mol. The number of H-pyrrole nitrogens is 1. The quantitative estimate of drug-likeness (QED) is 0.544. The van der Waals surface area contributed by atoms with Gasteiger partial charge in [0.2, 0.25) is 0 Å². The Balaban J connectivity index is 1.73. The van der Waals surface area contributed by atoms with Crippen molar-refractivity contribution in [2.75, 3.05) is 5.73 Å². The van der Waals surface area contributed by atoms with Crippen molar-refractivity contribution in [2.24, 2.45) is 0 Å². The third-order valence-electron chi connectivity index (χ3n) is 3.78. The zero-order chi connectivity index (χ0) is 14.2. The normalized spacial score (nSPS) is 11.2. The molecular formula is C18H15N3. The van der Waals surface area contributed by atoms with E-state index in [1.165, 1.54) is 16.3 Å². The molecule has 3 heteroatoms. The predicted molar refractivity (Wildman–Crippen MR) is 87.3 cm³/mol. The molecule has 0 aliphatic heterocycles. The highest BCUT2D eigenvalue weighted by Gasteiger charge is 2.06. The third kappa shape index (κ3) is 2.13. The van der Waals surface area contributed by atoms with E-state index in [1.807, 2.05) is 18.2 Å². The minimum atomic E-state index is 0.716. The standard InChI is InChI=1S/C18H15N3/c19-15-6-3-7-16-18(15)21-17(20-16)11-12-8-9-13-4-1-2-5-14(13)10-12/h1-10H,11,19H2,(H,20,21). The van der Waals surface area contributed by atoms with Crippen molar-refractivity contribution in [1.29, 1.82) is 0 Å². The highest BCUT2D eigenvalue weighted by Crippen LogP contribution is 2.21. The van der Waals surface area contributed by atoms with Gasteiger partial charge in [-0.15, -0.1) is 0 Å². The Morgan fingerprint density at radius 2 is 1.76 bits per heavy atom. The molecule has 0 saturated carbocycles. The van der Waals surface area contributed by atoms with Gasteiger partial charge in [-0.1, -0.05) is 48.5 Å². The first-order valence-electron chi connectivity index (χ1n) is 7.00. The second-order valence-electron chi connectivity index (χ2n) is 5.29. The summed E-state index contributed by atoms with van der Waals surface area (Å²) in [6.07, 6.45) is 0.777. The molecule has 0 radical (unpaired) electrons. The minimum Gasteiger partial charge on any atom is -0.397 e. The number of aromatic amines is 1. The average molecular weight is 273 g/mol. The van der Waals surface area contributed by atoms with Crippen molar-refractivity contribution in [3.8, 4) is 0 Å². The molecule has 21 heavy (non-hydrogen) atoms. The molecule has 4 rings (SSSR count). The van der Waals surface area contributed by atoms with E-state index in [0.717, 1.165) is 23.3 Å². The van der Waals surface area contributed by atoms with Crippen molar-refractivity contribution < 1.29 is 0 Å². The molecule has 4 aromatic rings. The molecule has 0 saturated heterocycles.